The molecule has 1 radical (unpaired) electrons. The van der Waals surface area contributed by atoms with E-state index < -0.39 is 13.6 Å². The maximum atomic E-state index is 11.1. The molecule has 3 aromatic rings. The largest absolute Gasteiger partial charge is 0.344 e. The quantitative estimate of drug-likeness (QED) is 0.476. The lowest BCUT2D eigenvalue weighted by Crippen LogP contribution is -2.22. The Balaban J connectivity index is 1.74. The fraction of sp³-hybridized carbons (Fsp3) is 0.125. The van der Waals surface area contributed by atoms with Crippen molar-refractivity contribution in [3.8, 4) is 11.1 Å². The fourth-order valence-electron chi connectivity index (χ4n) is 2.43. The van der Waals surface area contributed by atoms with Crippen LogP contribution >= 0.6 is 7.60 Å². The van der Waals surface area contributed by atoms with Crippen molar-refractivity contribution in [3.05, 3.63) is 72.3 Å². The number of aromatic nitrogens is 4. The molecule has 0 aliphatic heterocycles. The molecular weight excluding hydrogens is 341 g/mol. The van der Waals surface area contributed by atoms with Crippen molar-refractivity contribution in [1.29, 1.82) is 0 Å². The van der Waals surface area contributed by atoms with Gasteiger partial charge in [0.05, 0.1) is 6.04 Å². The molecule has 2 aromatic carbocycles. The summed E-state index contributed by atoms with van der Waals surface area (Å²) in [4.78, 5) is 18.0. The highest BCUT2D eigenvalue weighted by molar-refractivity contribution is 7.54. The zero-order valence-electron chi connectivity index (χ0n) is 13.1. The van der Waals surface area contributed by atoms with Gasteiger partial charge in [-0.3, -0.25) is 9.88 Å². The second kappa shape index (κ2) is 7.67. The predicted molar refractivity (Wildman–Crippen MR) is 92.0 cm³/mol. The Bertz CT molecular complexity index is 834. The van der Waals surface area contributed by atoms with Gasteiger partial charge in [0.25, 0.3) is 0 Å². The average molecular weight is 358 g/mol. The molecule has 0 fully saturated rings. The topological polar surface area (TPSA) is 124 Å². The molecule has 1 atom stereocenters. The van der Waals surface area contributed by atoms with E-state index in [1.807, 2.05) is 54.6 Å². The molecule has 0 spiro atoms. The van der Waals surface area contributed by atoms with Gasteiger partial charge < -0.3 is 9.79 Å². The minimum atomic E-state index is -4.30. The fourth-order valence-corrected chi connectivity index (χ4v) is 2.80. The van der Waals surface area contributed by atoms with Gasteiger partial charge in [-0.05, 0) is 23.1 Å². The Hall–Kier alpha value is -2.38. The monoisotopic (exact) mass is 358 g/mol. The lowest BCUT2D eigenvalue weighted by atomic mass is 10.0. The summed E-state index contributed by atoms with van der Waals surface area (Å²) < 4.78 is 11.1. The van der Waals surface area contributed by atoms with E-state index in [9.17, 15) is 4.57 Å². The molecular formula is C16H17N5O3P. The summed E-state index contributed by atoms with van der Waals surface area (Å²) in [6.45, 7) is 0. The number of rotatable bonds is 7. The first-order chi connectivity index (χ1) is 12.0. The second-order valence-electron chi connectivity index (χ2n) is 5.47. The maximum Gasteiger partial charge on any atom is 0.344 e. The van der Waals surface area contributed by atoms with E-state index in [1.165, 1.54) is 0 Å². The normalized spacial score (nSPS) is 12.9. The standard InChI is InChI=1S/C16H17N5O3P/c22-25(23,24)11-17-15(16-18-20-21-19-16)10-12-6-8-14(9-7-12)13-4-2-1-3-5-13/h1-9,11,15,17H,10H2,(H2,22,23,24)(H,18,19,20,21)/t15-/m0/s1. The van der Waals surface area contributed by atoms with Crippen molar-refractivity contribution in [1.82, 2.24) is 25.9 Å². The number of H-pyrrole nitrogens is 1. The highest BCUT2D eigenvalue weighted by Crippen LogP contribution is 2.37. The number of benzene rings is 2. The number of nitrogens with one attached hydrogen (secondary N) is 2. The average Bonchev–Trinajstić information content (AvgIpc) is 3.14. The van der Waals surface area contributed by atoms with Crippen molar-refractivity contribution in [2.75, 3.05) is 0 Å². The first-order valence-electron chi connectivity index (χ1n) is 7.55. The molecule has 0 aliphatic rings. The Morgan fingerprint density at radius 3 is 2.36 bits per heavy atom. The third-order valence-electron chi connectivity index (χ3n) is 3.62. The molecule has 8 nitrogen and oxygen atoms in total. The van der Waals surface area contributed by atoms with E-state index in [2.05, 4.69) is 25.9 Å². The van der Waals surface area contributed by atoms with Gasteiger partial charge in [0.15, 0.2) is 5.82 Å². The molecule has 1 heterocycles. The first-order valence-corrected chi connectivity index (χ1v) is 9.23. The summed E-state index contributed by atoms with van der Waals surface area (Å²) in [7, 11) is -4.30. The highest BCUT2D eigenvalue weighted by Gasteiger charge is 2.22. The van der Waals surface area contributed by atoms with E-state index >= 15 is 0 Å². The SMILES string of the molecule is O=P(O)(O)[CH]N[C@@H](Cc1ccc(-c2ccccc2)cc1)c1nn[nH]n1. The molecule has 4 N–H and O–H groups in total. The predicted octanol–water partition coefficient (Wildman–Crippen LogP) is 2.04. The van der Waals surface area contributed by atoms with Crippen LogP contribution in [-0.4, -0.2) is 30.4 Å². The number of tetrazole rings is 1. The van der Waals surface area contributed by atoms with E-state index in [4.69, 9.17) is 9.79 Å². The molecule has 0 amide bonds. The van der Waals surface area contributed by atoms with Crippen LogP contribution < -0.4 is 5.32 Å². The van der Waals surface area contributed by atoms with Crippen LogP contribution in [-0.2, 0) is 11.0 Å². The van der Waals surface area contributed by atoms with Crippen molar-refractivity contribution in [3.63, 3.8) is 0 Å². The Morgan fingerprint density at radius 2 is 1.76 bits per heavy atom. The van der Waals surface area contributed by atoms with E-state index in [1.54, 1.807) is 0 Å². The molecule has 0 unspecified atom stereocenters. The van der Waals surface area contributed by atoms with Gasteiger partial charge in [-0.15, -0.1) is 10.2 Å². The molecule has 1 aromatic heterocycles. The Labute approximate surface area is 144 Å². The van der Waals surface area contributed by atoms with Gasteiger partial charge in [-0.1, -0.05) is 59.8 Å². The van der Waals surface area contributed by atoms with Crippen LogP contribution in [0.15, 0.2) is 54.6 Å². The lowest BCUT2D eigenvalue weighted by molar-refractivity contribution is 0.373. The highest BCUT2D eigenvalue weighted by atomic mass is 31.2. The summed E-state index contributed by atoms with van der Waals surface area (Å²) in [6, 6.07) is 17.4. The number of hydrogen-bond donors (Lipinski definition) is 4. The van der Waals surface area contributed by atoms with Crippen LogP contribution in [0.25, 0.3) is 11.1 Å². The second-order valence-corrected chi connectivity index (χ2v) is 6.91. The van der Waals surface area contributed by atoms with Gasteiger partial charge in [-0.2, -0.15) is 5.21 Å². The van der Waals surface area contributed by atoms with Crippen LogP contribution in [0.3, 0.4) is 0 Å². The first kappa shape index (κ1) is 17.4. The summed E-state index contributed by atoms with van der Waals surface area (Å²) >= 11 is 0. The molecule has 0 aliphatic carbocycles. The van der Waals surface area contributed by atoms with Crippen LogP contribution in [0.5, 0.6) is 0 Å². The zero-order chi connectivity index (χ0) is 17.7. The van der Waals surface area contributed by atoms with E-state index in [0.717, 1.165) is 23.0 Å². The van der Waals surface area contributed by atoms with Gasteiger partial charge in [-0.25, -0.2) is 0 Å². The molecule has 25 heavy (non-hydrogen) atoms. The van der Waals surface area contributed by atoms with Gasteiger partial charge in [0.1, 0.15) is 6.29 Å². The van der Waals surface area contributed by atoms with Crippen molar-refractivity contribution in [2.24, 2.45) is 0 Å². The number of hydrogen-bond acceptors (Lipinski definition) is 5. The summed E-state index contributed by atoms with van der Waals surface area (Å²) in [6.07, 6.45) is 1.21. The third kappa shape index (κ3) is 5.04. The van der Waals surface area contributed by atoms with Crippen molar-refractivity contribution < 1.29 is 14.4 Å². The zero-order valence-corrected chi connectivity index (χ0v) is 14.0. The van der Waals surface area contributed by atoms with Gasteiger partial charge >= 0.3 is 7.60 Å². The van der Waals surface area contributed by atoms with Crippen LogP contribution in [0.1, 0.15) is 17.4 Å². The molecule has 0 bridgehead atoms. The third-order valence-corrected chi connectivity index (χ3v) is 4.10. The number of nitrogens with zero attached hydrogens (tertiary/aromatic N) is 3. The molecule has 0 saturated carbocycles. The van der Waals surface area contributed by atoms with Crippen LogP contribution in [0, 0.1) is 6.29 Å². The molecule has 0 saturated heterocycles. The van der Waals surface area contributed by atoms with Gasteiger partial charge in [0.2, 0.25) is 0 Å². The molecule has 3 rings (SSSR count). The lowest BCUT2D eigenvalue weighted by Gasteiger charge is -2.15. The Morgan fingerprint density at radius 1 is 1.08 bits per heavy atom. The summed E-state index contributed by atoms with van der Waals surface area (Å²) in [5.41, 5.74) is 3.19. The van der Waals surface area contributed by atoms with E-state index in [-0.39, 0.29) is 0 Å². The summed E-state index contributed by atoms with van der Waals surface area (Å²) in [5, 5.41) is 16.3. The van der Waals surface area contributed by atoms with Crippen LogP contribution in [0.4, 0.5) is 0 Å². The molecule has 129 valence electrons. The van der Waals surface area contributed by atoms with Crippen molar-refractivity contribution in [2.45, 2.75) is 12.5 Å². The smallest absolute Gasteiger partial charge is 0.323 e. The Kier molecular flexibility index (Phi) is 5.35. The van der Waals surface area contributed by atoms with Gasteiger partial charge in [0, 0.05) is 0 Å². The van der Waals surface area contributed by atoms with Crippen LogP contribution in [0.2, 0.25) is 0 Å². The number of aromatic amines is 1. The summed E-state index contributed by atoms with van der Waals surface area (Å²) in [5.74, 6) is 0.330. The molecule has 9 heteroatoms. The minimum Gasteiger partial charge on any atom is -0.323 e. The van der Waals surface area contributed by atoms with Crippen molar-refractivity contribution >= 4 is 7.60 Å². The minimum absolute atomic E-state index is 0.330. The van der Waals surface area contributed by atoms with E-state index in [0.29, 0.717) is 12.2 Å². The maximum absolute atomic E-state index is 11.1.